The van der Waals surface area contributed by atoms with Crippen LogP contribution in [0.2, 0.25) is 0 Å². The van der Waals surface area contributed by atoms with E-state index in [1.165, 1.54) is 5.56 Å². The van der Waals surface area contributed by atoms with Crippen molar-refractivity contribution >= 4 is 0 Å². The second-order valence-electron chi connectivity index (χ2n) is 3.53. The van der Waals surface area contributed by atoms with Crippen LogP contribution in [-0.2, 0) is 11.2 Å². The zero-order valence-electron chi connectivity index (χ0n) is 7.52. The summed E-state index contributed by atoms with van der Waals surface area (Å²) >= 11 is 0. The summed E-state index contributed by atoms with van der Waals surface area (Å²) in [6.45, 7) is 0.498. The number of aliphatic hydroxyl groups is 1. The fourth-order valence-corrected chi connectivity index (χ4v) is 1.71. The zero-order valence-corrected chi connectivity index (χ0v) is 7.52. The Hall–Kier alpha value is -0.860. The standard InChI is InChI=1S/C11H14O2/c12-10-7-11(13-8-10)6-9-4-2-1-3-5-9/h1-5,10-12H,6-8H2/t10-,11+/m0/s1. The van der Waals surface area contributed by atoms with Gasteiger partial charge in [0.25, 0.3) is 0 Å². The maximum absolute atomic E-state index is 9.25. The van der Waals surface area contributed by atoms with Crippen LogP contribution in [0, 0.1) is 0 Å². The summed E-state index contributed by atoms with van der Waals surface area (Å²) in [4.78, 5) is 0. The van der Waals surface area contributed by atoms with E-state index in [-0.39, 0.29) is 12.2 Å². The highest BCUT2D eigenvalue weighted by molar-refractivity contribution is 5.15. The van der Waals surface area contributed by atoms with E-state index in [0.29, 0.717) is 6.61 Å². The van der Waals surface area contributed by atoms with Crippen LogP contribution in [0.5, 0.6) is 0 Å². The molecule has 2 atom stereocenters. The molecule has 0 amide bonds. The Morgan fingerprint density at radius 3 is 2.69 bits per heavy atom. The lowest BCUT2D eigenvalue weighted by atomic mass is 10.1. The molecule has 0 bridgehead atoms. The summed E-state index contributed by atoms with van der Waals surface area (Å²) < 4.78 is 5.42. The number of ether oxygens (including phenoxy) is 1. The lowest BCUT2D eigenvalue weighted by molar-refractivity contribution is 0.0889. The molecule has 0 saturated carbocycles. The summed E-state index contributed by atoms with van der Waals surface area (Å²) in [6.07, 6.45) is 1.64. The van der Waals surface area contributed by atoms with Crippen molar-refractivity contribution in [1.29, 1.82) is 0 Å². The van der Waals surface area contributed by atoms with Gasteiger partial charge in [-0.1, -0.05) is 30.3 Å². The summed E-state index contributed by atoms with van der Waals surface area (Å²) in [5, 5.41) is 9.25. The second-order valence-corrected chi connectivity index (χ2v) is 3.53. The highest BCUT2D eigenvalue weighted by Crippen LogP contribution is 2.17. The van der Waals surface area contributed by atoms with Crippen molar-refractivity contribution in [3.8, 4) is 0 Å². The molecule has 0 spiro atoms. The molecule has 0 radical (unpaired) electrons. The first kappa shape index (κ1) is 8.73. The quantitative estimate of drug-likeness (QED) is 0.741. The maximum Gasteiger partial charge on any atom is 0.0798 e. The van der Waals surface area contributed by atoms with Crippen LogP contribution in [0.4, 0.5) is 0 Å². The van der Waals surface area contributed by atoms with Crippen molar-refractivity contribution in [1.82, 2.24) is 0 Å². The van der Waals surface area contributed by atoms with Crippen LogP contribution < -0.4 is 0 Å². The van der Waals surface area contributed by atoms with Gasteiger partial charge in [-0.15, -0.1) is 0 Å². The monoisotopic (exact) mass is 178 g/mol. The van der Waals surface area contributed by atoms with Gasteiger partial charge in [0.1, 0.15) is 0 Å². The van der Waals surface area contributed by atoms with E-state index in [1.54, 1.807) is 0 Å². The van der Waals surface area contributed by atoms with E-state index >= 15 is 0 Å². The van der Waals surface area contributed by atoms with Gasteiger partial charge in [0.2, 0.25) is 0 Å². The van der Waals surface area contributed by atoms with Crippen molar-refractivity contribution in [2.45, 2.75) is 25.0 Å². The van der Waals surface area contributed by atoms with Gasteiger partial charge in [-0.25, -0.2) is 0 Å². The van der Waals surface area contributed by atoms with Gasteiger partial charge in [0.05, 0.1) is 18.8 Å². The minimum atomic E-state index is -0.256. The van der Waals surface area contributed by atoms with Crippen molar-refractivity contribution in [2.75, 3.05) is 6.61 Å². The first-order valence-electron chi connectivity index (χ1n) is 4.68. The Labute approximate surface area is 78.2 Å². The lowest BCUT2D eigenvalue weighted by Crippen LogP contribution is -2.09. The van der Waals surface area contributed by atoms with E-state index in [1.807, 2.05) is 18.2 Å². The van der Waals surface area contributed by atoms with Gasteiger partial charge in [-0.2, -0.15) is 0 Å². The fourth-order valence-electron chi connectivity index (χ4n) is 1.71. The molecule has 2 rings (SSSR count). The molecular formula is C11H14O2. The molecule has 1 aromatic carbocycles. The molecule has 1 heterocycles. The van der Waals surface area contributed by atoms with Gasteiger partial charge in [-0.05, 0) is 12.0 Å². The molecular weight excluding hydrogens is 164 g/mol. The van der Waals surface area contributed by atoms with Crippen molar-refractivity contribution < 1.29 is 9.84 Å². The van der Waals surface area contributed by atoms with Crippen LogP contribution in [0.1, 0.15) is 12.0 Å². The molecule has 1 aromatic rings. The van der Waals surface area contributed by atoms with E-state index in [0.717, 1.165) is 12.8 Å². The largest absolute Gasteiger partial charge is 0.391 e. The number of aliphatic hydroxyl groups excluding tert-OH is 1. The third kappa shape index (κ3) is 2.29. The van der Waals surface area contributed by atoms with E-state index in [2.05, 4.69) is 12.1 Å². The SMILES string of the molecule is O[C@@H]1CO[C@H](Cc2ccccc2)C1. The Bertz CT molecular complexity index is 258. The van der Waals surface area contributed by atoms with E-state index in [4.69, 9.17) is 4.74 Å². The van der Waals surface area contributed by atoms with Crippen LogP contribution in [-0.4, -0.2) is 23.9 Å². The minimum absolute atomic E-state index is 0.206. The smallest absolute Gasteiger partial charge is 0.0798 e. The Morgan fingerprint density at radius 2 is 2.08 bits per heavy atom. The van der Waals surface area contributed by atoms with Crippen molar-refractivity contribution in [3.05, 3.63) is 35.9 Å². The molecule has 2 heteroatoms. The van der Waals surface area contributed by atoms with Crippen LogP contribution in [0.3, 0.4) is 0 Å². The molecule has 13 heavy (non-hydrogen) atoms. The van der Waals surface area contributed by atoms with Crippen LogP contribution in [0.15, 0.2) is 30.3 Å². The highest BCUT2D eigenvalue weighted by atomic mass is 16.5. The molecule has 2 nitrogen and oxygen atoms in total. The van der Waals surface area contributed by atoms with Crippen LogP contribution in [0.25, 0.3) is 0 Å². The molecule has 1 N–H and O–H groups in total. The molecule has 1 aliphatic heterocycles. The third-order valence-corrected chi connectivity index (χ3v) is 2.37. The lowest BCUT2D eigenvalue weighted by Gasteiger charge is -2.08. The summed E-state index contributed by atoms with van der Waals surface area (Å²) in [5.41, 5.74) is 1.28. The predicted molar refractivity (Wildman–Crippen MR) is 50.5 cm³/mol. The average Bonchev–Trinajstić information content (AvgIpc) is 2.53. The summed E-state index contributed by atoms with van der Waals surface area (Å²) in [6, 6.07) is 10.2. The number of hydrogen-bond acceptors (Lipinski definition) is 2. The minimum Gasteiger partial charge on any atom is -0.391 e. The van der Waals surface area contributed by atoms with Gasteiger partial charge < -0.3 is 9.84 Å². The normalized spacial score (nSPS) is 27.8. The van der Waals surface area contributed by atoms with Crippen molar-refractivity contribution in [2.24, 2.45) is 0 Å². The number of hydrogen-bond donors (Lipinski definition) is 1. The Kier molecular flexibility index (Phi) is 2.62. The van der Waals surface area contributed by atoms with Gasteiger partial charge in [0, 0.05) is 6.42 Å². The van der Waals surface area contributed by atoms with Crippen LogP contribution >= 0.6 is 0 Å². The highest BCUT2D eigenvalue weighted by Gasteiger charge is 2.23. The summed E-state index contributed by atoms with van der Waals surface area (Å²) in [7, 11) is 0. The molecule has 0 unspecified atom stereocenters. The van der Waals surface area contributed by atoms with Gasteiger partial charge >= 0.3 is 0 Å². The number of benzene rings is 1. The first-order valence-corrected chi connectivity index (χ1v) is 4.68. The van der Waals surface area contributed by atoms with Gasteiger partial charge in [0.15, 0.2) is 0 Å². The number of rotatable bonds is 2. The Morgan fingerprint density at radius 1 is 1.31 bits per heavy atom. The van der Waals surface area contributed by atoms with E-state index in [9.17, 15) is 5.11 Å². The molecule has 1 saturated heterocycles. The third-order valence-electron chi connectivity index (χ3n) is 2.37. The first-order chi connectivity index (χ1) is 6.34. The zero-order chi connectivity index (χ0) is 9.10. The molecule has 0 aliphatic carbocycles. The molecule has 0 aromatic heterocycles. The van der Waals surface area contributed by atoms with E-state index < -0.39 is 0 Å². The average molecular weight is 178 g/mol. The maximum atomic E-state index is 9.25. The topological polar surface area (TPSA) is 29.5 Å². The predicted octanol–water partition coefficient (Wildman–Crippen LogP) is 1.38. The summed E-state index contributed by atoms with van der Waals surface area (Å²) in [5.74, 6) is 0. The van der Waals surface area contributed by atoms with Crippen molar-refractivity contribution in [3.63, 3.8) is 0 Å². The molecule has 1 fully saturated rings. The molecule has 1 aliphatic rings. The molecule has 70 valence electrons. The Balaban J connectivity index is 1.92. The van der Waals surface area contributed by atoms with Gasteiger partial charge in [-0.3, -0.25) is 0 Å². The fraction of sp³-hybridized carbons (Fsp3) is 0.455. The second kappa shape index (κ2) is 3.90.